The minimum absolute atomic E-state index is 0.228. The number of carbonyl (C=O) groups is 1. The maximum atomic E-state index is 11.0. The van der Waals surface area contributed by atoms with Crippen LogP contribution in [0.15, 0.2) is 23.1 Å². The van der Waals surface area contributed by atoms with Crippen LogP contribution in [0.25, 0.3) is 0 Å². The molecule has 4 heteroatoms. The van der Waals surface area contributed by atoms with Crippen molar-refractivity contribution in [2.75, 3.05) is 12.8 Å². The van der Waals surface area contributed by atoms with Crippen LogP contribution < -0.4 is 11.1 Å². The van der Waals surface area contributed by atoms with Gasteiger partial charge in [-0.1, -0.05) is 6.07 Å². The van der Waals surface area contributed by atoms with E-state index in [1.807, 2.05) is 0 Å². The van der Waals surface area contributed by atoms with Crippen molar-refractivity contribution in [1.82, 2.24) is 5.32 Å². The van der Waals surface area contributed by atoms with Gasteiger partial charge in [0.05, 0.1) is 6.04 Å². The van der Waals surface area contributed by atoms with Crippen molar-refractivity contribution < 1.29 is 4.79 Å². The van der Waals surface area contributed by atoms with E-state index in [1.165, 1.54) is 16.0 Å². The monoisotopic (exact) mass is 252 g/mol. The summed E-state index contributed by atoms with van der Waals surface area (Å²) < 4.78 is 0. The molecule has 1 amide bonds. The number of hydrogen-bond acceptors (Lipinski definition) is 3. The van der Waals surface area contributed by atoms with Crippen LogP contribution in [0.4, 0.5) is 0 Å². The Bertz CT molecular complexity index is 393. The fourth-order valence-electron chi connectivity index (χ4n) is 1.53. The van der Waals surface area contributed by atoms with Gasteiger partial charge in [-0.2, -0.15) is 0 Å². The number of aryl methyl sites for hydroxylation is 2. The van der Waals surface area contributed by atoms with Crippen molar-refractivity contribution in [3.05, 3.63) is 29.3 Å². The second-order valence-electron chi connectivity index (χ2n) is 4.13. The molecule has 0 heterocycles. The number of rotatable bonds is 6. The molecule has 1 aromatic rings. The number of thioether (sulfide) groups is 1. The molecule has 0 bridgehead atoms. The first-order valence-electron chi connectivity index (χ1n) is 5.71. The van der Waals surface area contributed by atoms with Crippen LogP contribution in [-0.2, 0) is 4.79 Å². The molecule has 0 spiro atoms. The third-order valence-corrected chi connectivity index (χ3v) is 3.87. The summed E-state index contributed by atoms with van der Waals surface area (Å²) in [6, 6.07) is 6.19. The van der Waals surface area contributed by atoms with E-state index in [-0.39, 0.29) is 11.9 Å². The van der Waals surface area contributed by atoms with Gasteiger partial charge >= 0.3 is 0 Å². The Morgan fingerprint density at radius 3 is 2.65 bits per heavy atom. The molecule has 0 aromatic heterocycles. The van der Waals surface area contributed by atoms with E-state index < -0.39 is 0 Å². The van der Waals surface area contributed by atoms with Crippen LogP contribution in [0.5, 0.6) is 0 Å². The van der Waals surface area contributed by atoms with Crippen LogP contribution >= 0.6 is 11.8 Å². The van der Waals surface area contributed by atoms with Gasteiger partial charge in [-0.25, -0.2) is 0 Å². The minimum Gasteiger partial charge on any atom is -0.368 e. The van der Waals surface area contributed by atoms with E-state index in [0.717, 1.165) is 12.2 Å². The fourth-order valence-corrected chi connectivity index (χ4v) is 2.54. The van der Waals surface area contributed by atoms with E-state index >= 15 is 0 Å². The first-order valence-corrected chi connectivity index (χ1v) is 6.69. The predicted molar refractivity (Wildman–Crippen MR) is 73.3 cm³/mol. The summed E-state index contributed by atoms with van der Waals surface area (Å²) in [4.78, 5) is 12.3. The molecule has 0 fully saturated rings. The van der Waals surface area contributed by atoms with E-state index in [9.17, 15) is 4.79 Å². The topological polar surface area (TPSA) is 55.1 Å². The average molecular weight is 252 g/mol. The number of amides is 1. The van der Waals surface area contributed by atoms with Gasteiger partial charge in [0.15, 0.2) is 0 Å². The summed E-state index contributed by atoms with van der Waals surface area (Å²) in [5, 5.41) is 2.92. The van der Waals surface area contributed by atoms with Gasteiger partial charge in [0, 0.05) is 4.90 Å². The van der Waals surface area contributed by atoms with Gasteiger partial charge in [-0.05, 0) is 56.3 Å². The quantitative estimate of drug-likeness (QED) is 0.760. The van der Waals surface area contributed by atoms with Crippen molar-refractivity contribution >= 4 is 17.7 Å². The predicted octanol–water partition coefficient (Wildman–Crippen LogP) is 1.86. The summed E-state index contributed by atoms with van der Waals surface area (Å²) in [5.74, 6) is 0.602. The Morgan fingerprint density at radius 2 is 2.12 bits per heavy atom. The minimum atomic E-state index is -0.284. The molecule has 3 N–H and O–H groups in total. The van der Waals surface area contributed by atoms with Gasteiger partial charge in [0.25, 0.3) is 0 Å². The molecule has 0 saturated heterocycles. The molecule has 94 valence electrons. The van der Waals surface area contributed by atoms with Gasteiger partial charge in [0.1, 0.15) is 0 Å². The van der Waals surface area contributed by atoms with Crippen LogP contribution in [0.1, 0.15) is 17.5 Å². The van der Waals surface area contributed by atoms with Crippen LogP contribution in [0, 0.1) is 13.8 Å². The van der Waals surface area contributed by atoms with E-state index in [1.54, 1.807) is 18.8 Å². The third kappa shape index (κ3) is 4.40. The number of carbonyl (C=O) groups excluding carboxylic acids is 1. The molecule has 0 aliphatic carbocycles. The highest BCUT2D eigenvalue weighted by Crippen LogP contribution is 2.22. The first kappa shape index (κ1) is 14.1. The number of benzene rings is 1. The number of hydrogen-bond donors (Lipinski definition) is 2. The van der Waals surface area contributed by atoms with Crippen LogP contribution in [0.3, 0.4) is 0 Å². The lowest BCUT2D eigenvalue weighted by atomic mass is 10.1. The molecule has 0 saturated carbocycles. The Kier molecular flexibility index (Phi) is 5.51. The largest absolute Gasteiger partial charge is 0.368 e. The maximum Gasteiger partial charge on any atom is 0.234 e. The van der Waals surface area contributed by atoms with E-state index in [2.05, 4.69) is 37.4 Å². The number of likely N-dealkylation sites (N-methyl/N-ethyl adjacent to an activating group) is 1. The highest BCUT2D eigenvalue weighted by atomic mass is 32.2. The maximum absolute atomic E-state index is 11.0. The number of nitrogens with one attached hydrogen (secondary N) is 1. The second kappa shape index (κ2) is 6.67. The Hall–Kier alpha value is -1.00. The molecular formula is C13H20N2OS. The normalized spacial score (nSPS) is 12.4. The summed E-state index contributed by atoms with van der Waals surface area (Å²) in [5.41, 5.74) is 7.87. The standard InChI is InChI=1S/C13H20N2OS/c1-9-4-5-11(8-10(9)2)17-7-6-12(15-3)13(14)16/h4-5,8,12,15H,6-7H2,1-3H3,(H2,14,16). The van der Waals surface area contributed by atoms with E-state index in [0.29, 0.717) is 0 Å². The highest BCUT2D eigenvalue weighted by Gasteiger charge is 2.11. The molecular weight excluding hydrogens is 232 g/mol. The highest BCUT2D eigenvalue weighted by molar-refractivity contribution is 7.99. The second-order valence-corrected chi connectivity index (χ2v) is 5.30. The van der Waals surface area contributed by atoms with Crippen molar-refractivity contribution in [3.8, 4) is 0 Å². The Balaban J connectivity index is 2.45. The average Bonchev–Trinajstić information content (AvgIpc) is 2.28. The van der Waals surface area contributed by atoms with Crippen LogP contribution in [-0.4, -0.2) is 24.7 Å². The fraction of sp³-hybridized carbons (Fsp3) is 0.462. The zero-order valence-electron chi connectivity index (χ0n) is 10.6. The first-order chi connectivity index (χ1) is 8.04. The lowest BCUT2D eigenvalue weighted by Gasteiger charge is -2.11. The Labute approximate surface area is 107 Å². The smallest absolute Gasteiger partial charge is 0.234 e. The molecule has 0 radical (unpaired) electrons. The molecule has 0 aliphatic heterocycles. The summed E-state index contributed by atoms with van der Waals surface area (Å²) in [6.07, 6.45) is 0.753. The SMILES string of the molecule is CNC(CCSc1ccc(C)c(C)c1)C(N)=O. The third-order valence-electron chi connectivity index (χ3n) is 2.85. The van der Waals surface area contributed by atoms with Gasteiger partial charge in [0.2, 0.25) is 5.91 Å². The summed E-state index contributed by atoms with van der Waals surface area (Å²) >= 11 is 1.76. The zero-order chi connectivity index (χ0) is 12.8. The number of nitrogens with two attached hydrogens (primary N) is 1. The molecule has 1 rings (SSSR count). The van der Waals surface area contributed by atoms with Gasteiger partial charge in [-0.3, -0.25) is 4.79 Å². The lowest BCUT2D eigenvalue weighted by molar-refractivity contribution is -0.119. The van der Waals surface area contributed by atoms with Crippen molar-refractivity contribution in [2.24, 2.45) is 5.73 Å². The Morgan fingerprint density at radius 1 is 1.41 bits per heavy atom. The summed E-state index contributed by atoms with van der Waals surface area (Å²) in [6.45, 7) is 4.22. The van der Waals surface area contributed by atoms with Gasteiger partial charge in [-0.15, -0.1) is 11.8 Å². The number of primary amides is 1. The van der Waals surface area contributed by atoms with Crippen molar-refractivity contribution in [1.29, 1.82) is 0 Å². The lowest BCUT2D eigenvalue weighted by Crippen LogP contribution is -2.39. The van der Waals surface area contributed by atoms with Crippen molar-refractivity contribution in [2.45, 2.75) is 31.2 Å². The molecule has 17 heavy (non-hydrogen) atoms. The molecule has 1 unspecified atom stereocenters. The van der Waals surface area contributed by atoms with Gasteiger partial charge < -0.3 is 11.1 Å². The zero-order valence-corrected chi connectivity index (χ0v) is 11.4. The summed E-state index contributed by atoms with van der Waals surface area (Å²) in [7, 11) is 1.76. The van der Waals surface area contributed by atoms with Crippen LogP contribution in [0.2, 0.25) is 0 Å². The molecule has 0 aliphatic rings. The van der Waals surface area contributed by atoms with E-state index in [4.69, 9.17) is 5.73 Å². The molecule has 1 aromatic carbocycles. The molecule has 1 atom stereocenters. The molecule has 3 nitrogen and oxygen atoms in total. The van der Waals surface area contributed by atoms with Crippen molar-refractivity contribution in [3.63, 3.8) is 0 Å².